The first-order valence-corrected chi connectivity index (χ1v) is 6.55. The van der Waals surface area contributed by atoms with Gasteiger partial charge in [-0.25, -0.2) is 9.97 Å². The summed E-state index contributed by atoms with van der Waals surface area (Å²) in [5.41, 5.74) is 9.86. The van der Waals surface area contributed by atoms with Gasteiger partial charge in [0.25, 0.3) is 0 Å². The Morgan fingerprint density at radius 1 is 1.05 bits per heavy atom. The number of hydrogen-bond donors (Lipinski definition) is 1. The first-order chi connectivity index (χ1) is 8.90. The van der Waals surface area contributed by atoms with E-state index < -0.39 is 0 Å². The van der Waals surface area contributed by atoms with E-state index in [1.165, 1.54) is 0 Å². The van der Waals surface area contributed by atoms with Crippen molar-refractivity contribution in [2.45, 2.75) is 39.7 Å². The van der Waals surface area contributed by atoms with Crippen LogP contribution in [0.2, 0.25) is 0 Å². The third-order valence-corrected chi connectivity index (χ3v) is 3.07. The van der Waals surface area contributed by atoms with Gasteiger partial charge >= 0.3 is 0 Å². The van der Waals surface area contributed by atoms with Gasteiger partial charge in [-0.05, 0) is 18.6 Å². The number of hydrogen-bond acceptors (Lipinski definition) is 3. The van der Waals surface area contributed by atoms with Crippen LogP contribution in [0, 0.1) is 6.92 Å². The maximum absolute atomic E-state index is 5.61. The highest BCUT2D eigenvalue weighted by atomic mass is 14.9. The molecule has 2 rings (SSSR count). The van der Waals surface area contributed by atoms with Gasteiger partial charge in [0.15, 0.2) is 5.82 Å². The predicted octanol–water partition coefficient (Wildman–Crippen LogP) is 3.21. The predicted molar refractivity (Wildman–Crippen MR) is 78.8 cm³/mol. The first-order valence-electron chi connectivity index (χ1n) is 6.55. The summed E-state index contributed by atoms with van der Waals surface area (Å²) >= 11 is 0. The number of rotatable bonds is 2. The smallest absolute Gasteiger partial charge is 0.159 e. The van der Waals surface area contributed by atoms with Crippen molar-refractivity contribution in [1.82, 2.24) is 9.97 Å². The quantitative estimate of drug-likeness (QED) is 0.896. The van der Waals surface area contributed by atoms with E-state index in [1.54, 1.807) is 0 Å². The van der Waals surface area contributed by atoms with E-state index in [0.717, 1.165) is 28.3 Å². The molecule has 3 nitrogen and oxygen atoms in total. The molecule has 1 aromatic heterocycles. The molecule has 0 aliphatic rings. The lowest BCUT2D eigenvalue weighted by Gasteiger charge is -2.19. The van der Waals surface area contributed by atoms with E-state index in [4.69, 9.17) is 5.73 Å². The van der Waals surface area contributed by atoms with Gasteiger partial charge in [0.1, 0.15) is 0 Å². The van der Waals surface area contributed by atoms with E-state index in [1.807, 2.05) is 31.2 Å². The fourth-order valence-corrected chi connectivity index (χ4v) is 1.87. The van der Waals surface area contributed by atoms with Crippen molar-refractivity contribution in [3.8, 4) is 11.4 Å². The second kappa shape index (κ2) is 5.10. The number of aromatic nitrogens is 2. The van der Waals surface area contributed by atoms with Crippen molar-refractivity contribution in [2.75, 3.05) is 0 Å². The van der Waals surface area contributed by atoms with Gasteiger partial charge in [0.05, 0.1) is 5.69 Å². The molecular formula is C16H21N3. The molecule has 0 fully saturated rings. The van der Waals surface area contributed by atoms with Crippen LogP contribution in [-0.2, 0) is 12.0 Å². The zero-order valence-electron chi connectivity index (χ0n) is 12.1. The van der Waals surface area contributed by atoms with Gasteiger partial charge in [-0.2, -0.15) is 0 Å². The highest BCUT2D eigenvalue weighted by molar-refractivity contribution is 5.56. The monoisotopic (exact) mass is 255 g/mol. The summed E-state index contributed by atoms with van der Waals surface area (Å²) < 4.78 is 0. The molecule has 0 aliphatic heterocycles. The molecule has 1 heterocycles. The summed E-state index contributed by atoms with van der Waals surface area (Å²) in [6.07, 6.45) is 0. The zero-order chi connectivity index (χ0) is 14.0. The Kier molecular flexibility index (Phi) is 3.67. The van der Waals surface area contributed by atoms with Crippen LogP contribution >= 0.6 is 0 Å². The normalized spacial score (nSPS) is 11.6. The van der Waals surface area contributed by atoms with E-state index in [2.05, 4.69) is 36.8 Å². The third kappa shape index (κ3) is 3.18. The lowest BCUT2D eigenvalue weighted by Crippen LogP contribution is -2.15. The van der Waals surface area contributed by atoms with Crippen LogP contribution < -0.4 is 5.73 Å². The van der Waals surface area contributed by atoms with Gasteiger partial charge in [0.2, 0.25) is 0 Å². The maximum atomic E-state index is 5.61. The minimum atomic E-state index is 0.0274. The number of nitrogens with two attached hydrogens (primary N) is 1. The average molecular weight is 255 g/mol. The van der Waals surface area contributed by atoms with Crippen LogP contribution in [0.25, 0.3) is 11.4 Å². The van der Waals surface area contributed by atoms with Gasteiger partial charge in [-0.15, -0.1) is 0 Å². The minimum absolute atomic E-state index is 0.0274. The second-order valence-electron chi connectivity index (χ2n) is 5.87. The van der Waals surface area contributed by atoms with Crippen molar-refractivity contribution >= 4 is 0 Å². The second-order valence-corrected chi connectivity index (χ2v) is 5.87. The third-order valence-electron chi connectivity index (χ3n) is 3.07. The van der Waals surface area contributed by atoms with Crippen LogP contribution in [0.3, 0.4) is 0 Å². The van der Waals surface area contributed by atoms with Crippen molar-refractivity contribution in [2.24, 2.45) is 5.73 Å². The highest BCUT2D eigenvalue weighted by Crippen LogP contribution is 2.24. The van der Waals surface area contributed by atoms with Gasteiger partial charge in [0, 0.05) is 23.2 Å². The Labute approximate surface area is 114 Å². The van der Waals surface area contributed by atoms with Crippen LogP contribution in [0.4, 0.5) is 0 Å². The van der Waals surface area contributed by atoms with Gasteiger partial charge in [-0.1, -0.05) is 45.0 Å². The molecule has 0 atom stereocenters. The van der Waals surface area contributed by atoms with Crippen molar-refractivity contribution in [3.05, 3.63) is 47.3 Å². The summed E-state index contributed by atoms with van der Waals surface area (Å²) in [6.45, 7) is 9.05. The summed E-state index contributed by atoms with van der Waals surface area (Å²) in [5, 5.41) is 0. The summed E-state index contributed by atoms with van der Waals surface area (Å²) in [4.78, 5) is 9.22. The lowest BCUT2D eigenvalue weighted by molar-refractivity contribution is 0.567. The van der Waals surface area contributed by atoms with Gasteiger partial charge in [-0.3, -0.25) is 0 Å². The van der Waals surface area contributed by atoms with E-state index in [0.29, 0.717) is 6.54 Å². The number of aryl methyl sites for hydroxylation is 1. The molecule has 100 valence electrons. The molecule has 1 aromatic carbocycles. The fourth-order valence-electron chi connectivity index (χ4n) is 1.87. The molecule has 0 spiro atoms. The average Bonchev–Trinajstić information content (AvgIpc) is 2.37. The Balaban J connectivity index is 2.46. The van der Waals surface area contributed by atoms with E-state index in [9.17, 15) is 0 Å². The van der Waals surface area contributed by atoms with E-state index in [-0.39, 0.29) is 5.41 Å². The summed E-state index contributed by atoms with van der Waals surface area (Å²) in [7, 11) is 0. The standard InChI is InChI=1S/C16H21N3/c1-11-9-14(16(2,3)4)19-15(18-11)13-7-5-12(10-17)6-8-13/h5-9H,10,17H2,1-4H3. The van der Waals surface area contributed by atoms with Crippen LogP contribution in [-0.4, -0.2) is 9.97 Å². The SMILES string of the molecule is Cc1cc(C(C)(C)C)nc(-c2ccc(CN)cc2)n1. The molecule has 0 bridgehead atoms. The van der Waals surface area contributed by atoms with E-state index >= 15 is 0 Å². The molecule has 0 saturated heterocycles. The Morgan fingerprint density at radius 2 is 1.68 bits per heavy atom. The Morgan fingerprint density at radius 3 is 2.21 bits per heavy atom. The molecule has 3 heteroatoms. The molecule has 0 saturated carbocycles. The molecule has 0 amide bonds. The Hall–Kier alpha value is -1.74. The summed E-state index contributed by atoms with van der Waals surface area (Å²) in [6, 6.07) is 10.2. The van der Waals surface area contributed by atoms with Crippen molar-refractivity contribution in [3.63, 3.8) is 0 Å². The Bertz CT molecular complexity index is 566. The molecule has 0 radical (unpaired) electrons. The van der Waals surface area contributed by atoms with Crippen LogP contribution in [0.1, 0.15) is 37.7 Å². The number of benzene rings is 1. The topological polar surface area (TPSA) is 51.8 Å². The van der Waals surface area contributed by atoms with Crippen LogP contribution in [0.5, 0.6) is 0 Å². The molecule has 2 N–H and O–H groups in total. The highest BCUT2D eigenvalue weighted by Gasteiger charge is 2.17. The fraction of sp³-hybridized carbons (Fsp3) is 0.375. The lowest BCUT2D eigenvalue weighted by atomic mass is 9.91. The first kappa shape index (κ1) is 13.7. The minimum Gasteiger partial charge on any atom is -0.326 e. The molecule has 2 aromatic rings. The number of nitrogens with zero attached hydrogens (tertiary/aromatic N) is 2. The summed E-state index contributed by atoms with van der Waals surface area (Å²) in [5.74, 6) is 0.786. The van der Waals surface area contributed by atoms with Crippen LogP contribution in [0.15, 0.2) is 30.3 Å². The van der Waals surface area contributed by atoms with Gasteiger partial charge < -0.3 is 5.73 Å². The molecule has 19 heavy (non-hydrogen) atoms. The largest absolute Gasteiger partial charge is 0.326 e. The zero-order valence-corrected chi connectivity index (χ0v) is 12.1. The molecule has 0 unspecified atom stereocenters. The maximum Gasteiger partial charge on any atom is 0.159 e. The van der Waals surface area contributed by atoms with Crippen molar-refractivity contribution < 1.29 is 0 Å². The molecule has 0 aliphatic carbocycles. The van der Waals surface area contributed by atoms with Crippen molar-refractivity contribution in [1.29, 1.82) is 0 Å². The molecular weight excluding hydrogens is 234 g/mol.